The molecule has 1 aliphatic rings. The van der Waals surface area contributed by atoms with E-state index in [0.717, 1.165) is 28.7 Å². The number of methoxy groups -OCH3 is 1. The van der Waals surface area contributed by atoms with E-state index in [0.29, 0.717) is 24.5 Å². The Bertz CT molecular complexity index is 942. The van der Waals surface area contributed by atoms with Crippen LogP contribution in [0.25, 0.3) is 10.9 Å². The first-order valence-corrected chi connectivity index (χ1v) is 8.41. The Morgan fingerprint density at radius 2 is 2.16 bits per heavy atom. The third-order valence-corrected chi connectivity index (χ3v) is 4.81. The minimum Gasteiger partial charge on any atom is -0.497 e. The van der Waals surface area contributed by atoms with Crippen LogP contribution in [-0.4, -0.2) is 51.0 Å². The van der Waals surface area contributed by atoms with E-state index >= 15 is 0 Å². The lowest BCUT2D eigenvalue weighted by Gasteiger charge is -2.16. The number of aryl methyl sites for hydroxylation is 2. The summed E-state index contributed by atoms with van der Waals surface area (Å²) >= 11 is 0. The molecule has 1 fully saturated rings. The lowest BCUT2D eigenvalue weighted by Crippen LogP contribution is -2.29. The summed E-state index contributed by atoms with van der Waals surface area (Å²) in [4.78, 5) is 14.8. The predicted octanol–water partition coefficient (Wildman–Crippen LogP) is 2.47. The van der Waals surface area contributed by atoms with Crippen molar-refractivity contribution in [3.8, 4) is 5.75 Å². The summed E-state index contributed by atoms with van der Waals surface area (Å²) in [5, 5.41) is 12.5. The van der Waals surface area contributed by atoms with E-state index in [1.807, 2.05) is 34.7 Å². The van der Waals surface area contributed by atoms with Crippen LogP contribution >= 0.6 is 0 Å². The van der Waals surface area contributed by atoms with E-state index in [9.17, 15) is 4.79 Å². The topological polar surface area (TPSA) is 76.0 Å². The summed E-state index contributed by atoms with van der Waals surface area (Å²) in [5.41, 5.74) is 3.42. The number of rotatable bonds is 3. The molecule has 0 spiro atoms. The van der Waals surface area contributed by atoms with Crippen molar-refractivity contribution in [2.24, 2.45) is 0 Å². The van der Waals surface area contributed by atoms with Crippen molar-refractivity contribution >= 4 is 16.8 Å². The van der Waals surface area contributed by atoms with Gasteiger partial charge in [-0.25, -0.2) is 0 Å². The van der Waals surface area contributed by atoms with Crippen LogP contribution in [0.5, 0.6) is 5.75 Å². The summed E-state index contributed by atoms with van der Waals surface area (Å²) < 4.78 is 7.30. The molecule has 0 bridgehead atoms. The molecule has 1 aliphatic heterocycles. The van der Waals surface area contributed by atoms with Crippen molar-refractivity contribution in [1.29, 1.82) is 0 Å². The fraction of sp³-hybridized carbons (Fsp3) is 0.389. The summed E-state index contributed by atoms with van der Waals surface area (Å²) in [5.74, 6) is 0.661. The van der Waals surface area contributed by atoms with Gasteiger partial charge in [0.25, 0.3) is 5.91 Å². The zero-order valence-electron chi connectivity index (χ0n) is 14.6. The SMILES string of the molecule is COc1ccc2[nH]nc(C(=O)N3CC[C@H](n4nc(C)cc4C)C3)c2c1. The van der Waals surface area contributed by atoms with Crippen LogP contribution in [0.3, 0.4) is 0 Å². The number of H-pyrrole nitrogens is 1. The van der Waals surface area contributed by atoms with Crippen molar-refractivity contribution in [2.75, 3.05) is 20.2 Å². The van der Waals surface area contributed by atoms with E-state index in [4.69, 9.17) is 4.74 Å². The standard InChI is InChI=1S/C18H21N5O2/c1-11-8-12(2)23(21-11)13-6-7-22(10-13)18(24)17-15-9-14(25-3)4-5-16(15)19-20-17/h4-5,8-9,13H,6-7,10H2,1-3H3,(H,19,20)/t13-/m0/s1. The molecule has 0 unspecified atom stereocenters. The fourth-order valence-corrected chi connectivity index (χ4v) is 3.57. The fourth-order valence-electron chi connectivity index (χ4n) is 3.57. The zero-order chi connectivity index (χ0) is 17.6. The number of likely N-dealkylation sites (tertiary alicyclic amines) is 1. The van der Waals surface area contributed by atoms with Crippen molar-refractivity contribution in [1.82, 2.24) is 24.9 Å². The molecule has 3 heterocycles. The molecule has 1 atom stereocenters. The van der Waals surface area contributed by atoms with Gasteiger partial charge in [0.15, 0.2) is 5.69 Å². The highest BCUT2D eigenvalue weighted by atomic mass is 16.5. The summed E-state index contributed by atoms with van der Waals surface area (Å²) in [6, 6.07) is 7.86. The second kappa shape index (κ2) is 5.91. The highest BCUT2D eigenvalue weighted by Crippen LogP contribution is 2.27. The van der Waals surface area contributed by atoms with Crippen molar-refractivity contribution in [3.63, 3.8) is 0 Å². The average molecular weight is 339 g/mol. The number of benzene rings is 1. The Morgan fingerprint density at radius 3 is 2.88 bits per heavy atom. The van der Waals surface area contributed by atoms with Crippen LogP contribution in [0.4, 0.5) is 0 Å². The van der Waals surface area contributed by atoms with Crippen LogP contribution in [0, 0.1) is 13.8 Å². The van der Waals surface area contributed by atoms with Gasteiger partial charge in [-0.05, 0) is 44.5 Å². The van der Waals surface area contributed by atoms with Crippen LogP contribution in [0.2, 0.25) is 0 Å². The maximum absolute atomic E-state index is 13.0. The molecule has 4 rings (SSSR count). The second-order valence-electron chi connectivity index (χ2n) is 6.55. The number of nitrogens with zero attached hydrogens (tertiary/aromatic N) is 4. The molecule has 1 N–H and O–H groups in total. The number of hydrogen-bond acceptors (Lipinski definition) is 4. The monoisotopic (exact) mass is 339 g/mol. The molecule has 7 heteroatoms. The molecule has 7 nitrogen and oxygen atoms in total. The van der Waals surface area contributed by atoms with Crippen molar-refractivity contribution in [2.45, 2.75) is 26.3 Å². The number of hydrogen-bond donors (Lipinski definition) is 1. The summed E-state index contributed by atoms with van der Waals surface area (Å²) in [6.07, 6.45) is 0.902. The average Bonchev–Trinajstić information content (AvgIpc) is 3.31. The molecule has 1 saturated heterocycles. The zero-order valence-corrected chi connectivity index (χ0v) is 14.6. The highest BCUT2D eigenvalue weighted by Gasteiger charge is 2.31. The minimum absolute atomic E-state index is 0.0523. The Hall–Kier alpha value is -2.83. The number of amides is 1. The van der Waals surface area contributed by atoms with Gasteiger partial charge >= 0.3 is 0 Å². The third-order valence-electron chi connectivity index (χ3n) is 4.81. The van der Waals surface area contributed by atoms with E-state index in [1.54, 1.807) is 7.11 Å². The molecular formula is C18H21N5O2. The van der Waals surface area contributed by atoms with Crippen LogP contribution in [0.15, 0.2) is 24.3 Å². The van der Waals surface area contributed by atoms with Gasteiger partial charge < -0.3 is 9.64 Å². The van der Waals surface area contributed by atoms with Gasteiger partial charge in [-0.3, -0.25) is 14.6 Å². The quantitative estimate of drug-likeness (QED) is 0.795. The molecule has 3 aromatic rings. The first-order valence-electron chi connectivity index (χ1n) is 8.41. The van der Waals surface area contributed by atoms with Crippen LogP contribution in [0.1, 0.15) is 34.3 Å². The largest absolute Gasteiger partial charge is 0.497 e. The second-order valence-corrected chi connectivity index (χ2v) is 6.55. The van der Waals surface area contributed by atoms with Crippen LogP contribution in [-0.2, 0) is 0 Å². The van der Waals surface area contributed by atoms with Gasteiger partial charge in [0, 0.05) is 24.2 Å². The number of aromatic nitrogens is 4. The summed E-state index contributed by atoms with van der Waals surface area (Å²) in [6.45, 7) is 5.40. The number of carbonyl (C=O) groups is 1. The van der Waals surface area contributed by atoms with Crippen molar-refractivity contribution in [3.05, 3.63) is 41.3 Å². The molecule has 130 valence electrons. The number of fused-ring (bicyclic) bond motifs is 1. The molecule has 25 heavy (non-hydrogen) atoms. The van der Waals surface area contributed by atoms with Gasteiger partial charge in [-0.15, -0.1) is 0 Å². The number of carbonyl (C=O) groups excluding carboxylic acids is 1. The number of aromatic amines is 1. The number of nitrogens with one attached hydrogen (secondary N) is 1. The van der Waals surface area contributed by atoms with Gasteiger partial charge in [-0.1, -0.05) is 0 Å². The van der Waals surface area contributed by atoms with Crippen molar-refractivity contribution < 1.29 is 9.53 Å². The Kier molecular flexibility index (Phi) is 3.71. The lowest BCUT2D eigenvalue weighted by atomic mass is 10.2. The molecule has 2 aromatic heterocycles. The lowest BCUT2D eigenvalue weighted by molar-refractivity contribution is 0.0783. The van der Waals surface area contributed by atoms with Crippen LogP contribution < -0.4 is 4.74 Å². The van der Waals surface area contributed by atoms with E-state index in [2.05, 4.69) is 28.3 Å². The smallest absolute Gasteiger partial charge is 0.275 e. The molecular weight excluding hydrogens is 318 g/mol. The van der Waals surface area contributed by atoms with E-state index in [-0.39, 0.29) is 11.9 Å². The first kappa shape index (κ1) is 15.7. The molecule has 0 radical (unpaired) electrons. The third kappa shape index (κ3) is 2.65. The Morgan fingerprint density at radius 1 is 1.32 bits per heavy atom. The molecule has 1 aromatic carbocycles. The minimum atomic E-state index is -0.0523. The van der Waals surface area contributed by atoms with Gasteiger partial charge in [-0.2, -0.15) is 10.2 Å². The predicted molar refractivity (Wildman–Crippen MR) is 93.9 cm³/mol. The maximum atomic E-state index is 13.0. The Labute approximate surface area is 145 Å². The molecule has 0 saturated carbocycles. The highest BCUT2D eigenvalue weighted by molar-refractivity contribution is 6.05. The number of ether oxygens (including phenoxy) is 1. The maximum Gasteiger partial charge on any atom is 0.275 e. The molecule has 0 aliphatic carbocycles. The van der Waals surface area contributed by atoms with Gasteiger partial charge in [0.2, 0.25) is 0 Å². The van der Waals surface area contributed by atoms with Gasteiger partial charge in [0.05, 0.1) is 24.4 Å². The van der Waals surface area contributed by atoms with E-state index < -0.39 is 0 Å². The normalized spacial score (nSPS) is 17.4. The first-order chi connectivity index (χ1) is 12.1. The Balaban J connectivity index is 1.59. The summed E-state index contributed by atoms with van der Waals surface area (Å²) in [7, 11) is 1.61. The molecule has 1 amide bonds. The van der Waals surface area contributed by atoms with E-state index in [1.165, 1.54) is 0 Å². The van der Waals surface area contributed by atoms with Gasteiger partial charge in [0.1, 0.15) is 5.75 Å².